The van der Waals surface area contributed by atoms with E-state index in [1.54, 1.807) is 0 Å². The van der Waals surface area contributed by atoms with E-state index in [2.05, 4.69) is 18.2 Å². The van der Waals surface area contributed by atoms with E-state index in [0.29, 0.717) is 13.2 Å². The molecular formula is C23H27ClN2O2. The molecule has 4 nitrogen and oxygen atoms in total. The van der Waals surface area contributed by atoms with Crippen LogP contribution in [0, 0.1) is 0 Å². The van der Waals surface area contributed by atoms with Crippen LogP contribution in [0.4, 0.5) is 4.79 Å². The number of nitrogens with zero attached hydrogens (tertiary/aromatic N) is 1. The van der Waals surface area contributed by atoms with Gasteiger partial charge >= 0.3 is 6.09 Å². The van der Waals surface area contributed by atoms with Gasteiger partial charge in [0, 0.05) is 23.0 Å². The smallest absolute Gasteiger partial charge is 0.410 e. The van der Waals surface area contributed by atoms with Crippen LogP contribution < -0.4 is 5.73 Å². The minimum atomic E-state index is -0.172. The van der Waals surface area contributed by atoms with Crippen LogP contribution in [0.25, 0.3) is 0 Å². The second-order valence-corrected chi connectivity index (χ2v) is 8.49. The zero-order chi connectivity index (χ0) is 19.6. The average Bonchev–Trinajstić information content (AvgIpc) is 3.09. The zero-order valence-corrected chi connectivity index (χ0v) is 16.8. The molecule has 2 aromatic carbocycles. The summed E-state index contributed by atoms with van der Waals surface area (Å²) < 4.78 is 5.43. The van der Waals surface area contributed by atoms with Crippen molar-refractivity contribution in [1.82, 2.24) is 4.90 Å². The van der Waals surface area contributed by atoms with Crippen LogP contribution in [0.3, 0.4) is 0 Å². The van der Waals surface area contributed by atoms with Gasteiger partial charge in [-0.1, -0.05) is 54.1 Å². The maximum Gasteiger partial charge on any atom is 0.410 e. The molecule has 5 heteroatoms. The molecule has 2 aliphatic rings. The number of rotatable bonds is 5. The Kier molecular flexibility index (Phi) is 5.61. The first-order chi connectivity index (χ1) is 13.6. The molecule has 0 bridgehead atoms. The Balaban J connectivity index is 1.47. The Morgan fingerprint density at radius 2 is 1.86 bits per heavy atom. The molecule has 1 heterocycles. The van der Waals surface area contributed by atoms with Crippen molar-refractivity contribution in [2.24, 2.45) is 5.73 Å². The number of ether oxygens (including phenoxy) is 1. The fourth-order valence-electron chi connectivity index (χ4n) is 4.82. The number of benzene rings is 2. The first-order valence-electron chi connectivity index (χ1n) is 10.1. The number of carbonyl (C=O) groups is 1. The third-order valence-electron chi connectivity index (χ3n) is 6.45. The van der Waals surface area contributed by atoms with Crippen LogP contribution in [0.2, 0.25) is 5.02 Å². The molecule has 2 N–H and O–H groups in total. The predicted octanol–water partition coefficient (Wildman–Crippen LogP) is 4.54. The highest BCUT2D eigenvalue weighted by atomic mass is 35.5. The highest BCUT2D eigenvalue weighted by molar-refractivity contribution is 6.30. The van der Waals surface area contributed by atoms with Crippen molar-refractivity contribution < 1.29 is 9.53 Å². The minimum Gasteiger partial charge on any atom is -0.447 e. The summed E-state index contributed by atoms with van der Waals surface area (Å²) in [5.41, 5.74) is 8.62. The molecule has 28 heavy (non-hydrogen) atoms. The minimum absolute atomic E-state index is 0.0556. The summed E-state index contributed by atoms with van der Waals surface area (Å²) in [4.78, 5) is 14.5. The molecule has 0 unspecified atom stereocenters. The van der Waals surface area contributed by atoms with Crippen molar-refractivity contribution in [3.63, 3.8) is 0 Å². The van der Waals surface area contributed by atoms with Crippen LogP contribution >= 0.6 is 11.6 Å². The molecule has 1 aliphatic carbocycles. The fraction of sp³-hybridized carbons (Fsp3) is 0.435. The van der Waals surface area contributed by atoms with Gasteiger partial charge in [0.15, 0.2) is 0 Å². The molecule has 148 valence electrons. The summed E-state index contributed by atoms with van der Waals surface area (Å²) in [5.74, 6) is 0. The normalized spacial score (nSPS) is 27.6. The Morgan fingerprint density at radius 3 is 2.54 bits per heavy atom. The Labute approximate surface area is 171 Å². The monoisotopic (exact) mass is 398 g/mol. The second-order valence-electron chi connectivity index (χ2n) is 8.05. The van der Waals surface area contributed by atoms with Crippen molar-refractivity contribution in [3.05, 3.63) is 70.7 Å². The molecule has 0 spiro atoms. The van der Waals surface area contributed by atoms with Gasteiger partial charge in [-0.25, -0.2) is 4.79 Å². The van der Waals surface area contributed by atoms with E-state index in [4.69, 9.17) is 22.1 Å². The largest absolute Gasteiger partial charge is 0.447 e. The van der Waals surface area contributed by atoms with E-state index in [1.807, 2.05) is 41.3 Å². The van der Waals surface area contributed by atoms with Crippen LogP contribution in [-0.2, 0) is 16.6 Å². The maximum atomic E-state index is 12.5. The van der Waals surface area contributed by atoms with Gasteiger partial charge in [-0.2, -0.15) is 0 Å². The Hall–Kier alpha value is -2.04. The Morgan fingerprint density at radius 1 is 1.11 bits per heavy atom. The van der Waals surface area contributed by atoms with Crippen LogP contribution in [0.5, 0.6) is 0 Å². The molecule has 1 aliphatic heterocycles. The lowest BCUT2D eigenvalue weighted by molar-refractivity contribution is 0.117. The zero-order valence-electron chi connectivity index (χ0n) is 16.0. The van der Waals surface area contributed by atoms with Crippen LogP contribution in [0.15, 0.2) is 54.6 Å². The van der Waals surface area contributed by atoms with E-state index in [9.17, 15) is 4.79 Å². The van der Waals surface area contributed by atoms with E-state index in [1.165, 1.54) is 11.1 Å². The number of halogens is 1. The fourth-order valence-corrected chi connectivity index (χ4v) is 5.01. The number of amides is 1. The van der Waals surface area contributed by atoms with E-state index >= 15 is 0 Å². The number of hydrogen-bond acceptors (Lipinski definition) is 3. The summed E-state index contributed by atoms with van der Waals surface area (Å²) in [6.07, 6.45) is 4.44. The highest BCUT2D eigenvalue weighted by Crippen LogP contribution is 2.42. The number of hydrogen-bond donors (Lipinski definition) is 1. The number of cyclic esters (lactones) is 1. The molecule has 1 amide bonds. The van der Waals surface area contributed by atoms with Crippen LogP contribution in [-0.4, -0.2) is 36.2 Å². The van der Waals surface area contributed by atoms with Gasteiger partial charge in [0.2, 0.25) is 0 Å². The highest BCUT2D eigenvalue weighted by Gasteiger charge is 2.43. The molecule has 0 radical (unpaired) electrons. The molecule has 2 fully saturated rings. The van der Waals surface area contributed by atoms with E-state index in [-0.39, 0.29) is 23.6 Å². The first kappa shape index (κ1) is 19.3. The van der Waals surface area contributed by atoms with Crippen LogP contribution in [0.1, 0.15) is 36.8 Å². The van der Waals surface area contributed by atoms with Gasteiger partial charge in [0.05, 0.1) is 6.04 Å². The summed E-state index contributed by atoms with van der Waals surface area (Å²) in [5, 5.41) is 0.749. The quantitative estimate of drug-likeness (QED) is 0.804. The van der Waals surface area contributed by atoms with Crippen molar-refractivity contribution in [2.45, 2.75) is 49.6 Å². The summed E-state index contributed by atoms with van der Waals surface area (Å²) >= 11 is 6.22. The molecule has 4 rings (SSSR count). The topological polar surface area (TPSA) is 55.6 Å². The van der Waals surface area contributed by atoms with Crippen molar-refractivity contribution >= 4 is 17.7 Å². The van der Waals surface area contributed by atoms with E-state index < -0.39 is 0 Å². The van der Waals surface area contributed by atoms with Gasteiger partial charge in [-0.3, -0.25) is 4.90 Å². The lowest BCUT2D eigenvalue weighted by atomic mass is 9.68. The summed E-state index contributed by atoms with van der Waals surface area (Å²) in [6.45, 7) is 1.07. The number of nitrogens with two attached hydrogens (primary N) is 1. The molecule has 1 saturated heterocycles. The van der Waals surface area contributed by atoms with Gasteiger partial charge in [0.1, 0.15) is 6.61 Å². The summed E-state index contributed by atoms with van der Waals surface area (Å²) in [7, 11) is 0. The molecule has 1 saturated carbocycles. The number of carbonyl (C=O) groups excluding carboxylic acids is 1. The molecule has 2 aromatic rings. The SMILES string of the molecule is NCC1(c2cccc(Cl)c2)CCC(N2C(=O)OC[C@@H]2Cc2ccccc2)CC1. The maximum absolute atomic E-state index is 12.5. The van der Waals surface area contributed by atoms with Crippen molar-refractivity contribution in [3.8, 4) is 0 Å². The van der Waals surface area contributed by atoms with Gasteiger partial charge < -0.3 is 10.5 Å². The first-order valence-corrected chi connectivity index (χ1v) is 10.4. The van der Waals surface area contributed by atoms with Gasteiger partial charge in [-0.15, -0.1) is 0 Å². The second kappa shape index (κ2) is 8.14. The third-order valence-corrected chi connectivity index (χ3v) is 6.69. The summed E-state index contributed by atoms with van der Waals surface area (Å²) in [6, 6.07) is 18.7. The lowest BCUT2D eigenvalue weighted by Gasteiger charge is -2.43. The van der Waals surface area contributed by atoms with Gasteiger partial charge in [-0.05, 0) is 55.4 Å². The average molecular weight is 399 g/mol. The lowest BCUT2D eigenvalue weighted by Crippen LogP contribution is -2.49. The predicted molar refractivity (Wildman–Crippen MR) is 112 cm³/mol. The molecule has 0 aromatic heterocycles. The third kappa shape index (κ3) is 3.76. The van der Waals surface area contributed by atoms with Crippen molar-refractivity contribution in [1.29, 1.82) is 0 Å². The standard InChI is InChI=1S/C23H27ClN2O2/c24-19-8-4-7-18(14-19)23(16-25)11-9-20(10-12-23)26-21(15-28-22(26)27)13-17-5-2-1-3-6-17/h1-8,14,20-21H,9-13,15-16,25H2/t20?,21-,23?/m0/s1. The molecule has 1 atom stereocenters. The molecular weight excluding hydrogens is 372 g/mol. The van der Waals surface area contributed by atoms with E-state index in [0.717, 1.165) is 37.1 Å². The van der Waals surface area contributed by atoms with Gasteiger partial charge in [0.25, 0.3) is 0 Å². The van der Waals surface area contributed by atoms with Crippen molar-refractivity contribution in [2.75, 3.05) is 13.2 Å². The Bertz CT molecular complexity index is 818.